The largest absolute Gasteiger partial charge is 0.241 e. The van der Waals surface area contributed by atoms with E-state index in [0.29, 0.717) is 0 Å². The lowest BCUT2D eigenvalue weighted by Crippen LogP contribution is -1.92. The van der Waals surface area contributed by atoms with Crippen LogP contribution in [0.5, 0.6) is 0 Å². The first-order chi connectivity index (χ1) is 5.43. The van der Waals surface area contributed by atoms with Crippen molar-refractivity contribution in [3.63, 3.8) is 0 Å². The molecule has 0 unspecified atom stereocenters. The van der Waals surface area contributed by atoms with Gasteiger partial charge in [-0.2, -0.15) is 0 Å². The van der Waals surface area contributed by atoms with Crippen molar-refractivity contribution in [1.82, 2.24) is 9.97 Å². The summed E-state index contributed by atoms with van der Waals surface area (Å²) in [6.45, 7) is 0. The molecule has 0 aliphatic heterocycles. The maximum atomic E-state index is 5.10. The molecule has 1 rings (SSSR count). The molecule has 1 aromatic rings. The molecule has 0 amide bonds. The average Bonchev–Trinajstić information content (AvgIpc) is 2.07. The molecule has 1 aromatic heterocycles. The summed E-state index contributed by atoms with van der Waals surface area (Å²) in [4.78, 5) is 8.14. The molecule has 0 N–H and O–H groups in total. The van der Waals surface area contributed by atoms with Gasteiger partial charge in [0.2, 0.25) is 0 Å². The summed E-state index contributed by atoms with van der Waals surface area (Å²) in [5.41, 5.74) is 0. The van der Waals surface area contributed by atoms with Gasteiger partial charge in [-0.1, -0.05) is 0 Å². The van der Waals surface area contributed by atoms with Gasteiger partial charge in [0.1, 0.15) is 5.82 Å². The topological polar surface area (TPSA) is 25.8 Å². The van der Waals surface area contributed by atoms with Gasteiger partial charge in [0.25, 0.3) is 0 Å². The van der Waals surface area contributed by atoms with E-state index in [-0.39, 0.29) is 0 Å². The van der Waals surface area contributed by atoms with Crippen LogP contribution in [0.3, 0.4) is 0 Å². The number of nitrogens with zero attached hydrogens (tertiary/aromatic N) is 2. The molecule has 2 heteroatoms. The van der Waals surface area contributed by atoms with Gasteiger partial charge < -0.3 is 0 Å². The van der Waals surface area contributed by atoms with E-state index in [1.807, 2.05) is 6.07 Å². The average molecular weight is 146 g/mol. The molecular formula is C9H10N2. The standard InChI is InChI=1S/C9H10N2/c1-2-3-4-6-9-10-7-5-8-11-9/h1,5,7-8H,3-4,6H2. The summed E-state index contributed by atoms with van der Waals surface area (Å²) in [6.07, 6.45) is 11.3. The van der Waals surface area contributed by atoms with Crippen LogP contribution in [0.1, 0.15) is 18.7 Å². The van der Waals surface area contributed by atoms with Crippen molar-refractivity contribution in [1.29, 1.82) is 0 Å². The Morgan fingerprint density at radius 2 is 2.09 bits per heavy atom. The molecule has 11 heavy (non-hydrogen) atoms. The third-order valence-corrected chi connectivity index (χ3v) is 1.34. The Morgan fingerprint density at radius 3 is 2.73 bits per heavy atom. The second-order valence-corrected chi connectivity index (χ2v) is 2.22. The number of hydrogen-bond acceptors (Lipinski definition) is 2. The molecule has 2 nitrogen and oxygen atoms in total. The Kier molecular flexibility index (Phi) is 3.14. The van der Waals surface area contributed by atoms with Crippen molar-refractivity contribution in [2.75, 3.05) is 0 Å². The number of unbranched alkanes of at least 4 members (excludes halogenated alkanes) is 1. The molecular weight excluding hydrogens is 136 g/mol. The first kappa shape index (κ1) is 7.74. The normalized spacial score (nSPS) is 9.00. The molecule has 0 aromatic carbocycles. The van der Waals surface area contributed by atoms with Gasteiger partial charge in [0.15, 0.2) is 0 Å². The van der Waals surface area contributed by atoms with Crippen molar-refractivity contribution in [2.45, 2.75) is 19.3 Å². The Bertz CT molecular complexity index is 235. The minimum Gasteiger partial charge on any atom is -0.241 e. The van der Waals surface area contributed by atoms with E-state index in [1.54, 1.807) is 12.4 Å². The Balaban J connectivity index is 2.35. The lowest BCUT2D eigenvalue weighted by molar-refractivity contribution is 0.795. The highest BCUT2D eigenvalue weighted by atomic mass is 14.8. The lowest BCUT2D eigenvalue weighted by Gasteiger charge is -1.94. The zero-order valence-corrected chi connectivity index (χ0v) is 6.33. The monoisotopic (exact) mass is 146 g/mol. The summed E-state index contributed by atoms with van der Waals surface area (Å²) in [6, 6.07) is 1.81. The summed E-state index contributed by atoms with van der Waals surface area (Å²) in [5.74, 6) is 3.46. The third kappa shape index (κ3) is 2.81. The van der Waals surface area contributed by atoms with E-state index in [4.69, 9.17) is 6.42 Å². The number of hydrogen-bond donors (Lipinski definition) is 0. The van der Waals surface area contributed by atoms with Crippen molar-refractivity contribution in [3.8, 4) is 12.3 Å². The van der Waals surface area contributed by atoms with Gasteiger partial charge in [0, 0.05) is 25.2 Å². The zero-order chi connectivity index (χ0) is 7.94. The molecule has 0 saturated carbocycles. The highest BCUT2D eigenvalue weighted by molar-refractivity contribution is 4.90. The molecule has 56 valence electrons. The van der Waals surface area contributed by atoms with Gasteiger partial charge in [-0.05, 0) is 12.5 Å². The SMILES string of the molecule is C#CCCCc1ncccn1. The van der Waals surface area contributed by atoms with Crippen molar-refractivity contribution in [3.05, 3.63) is 24.3 Å². The Labute approximate surface area is 66.7 Å². The molecule has 0 radical (unpaired) electrons. The summed E-state index contributed by atoms with van der Waals surface area (Å²) >= 11 is 0. The molecule has 0 aliphatic carbocycles. The van der Waals surface area contributed by atoms with Crippen LogP contribution in [0, 0.1) is 12.3 Å². The van der Waals surface area contributed by atoms with E-state index < -0.39 is 0 Å². The lowest BCUT2D eigenvalue weighted by atomic mass is 10.2. The highest BCUT2D eigenvalue weighted by Gasteiger charge is 1.91. The van der Waals surface area contributed by atoms with Gasteiger partial charge >= 0.3 is 0 Å². The third-order valence-electron chi connectivity index (χ3n) is 1.34. The number of aromatic nitrogens is 2. The van der Waals surface area contributed by atoms with Crippen LogP contribution < -0.4 is 0 Å². The van der Waals surface area contributed by atoms with Crippen LogP contribution in [0.4, 0.5) is 0 Å². The summed E-state index contributed by atoms with van der Waals surface area (Å²) in [5, 5.41) is 0. The summed E-state index contributed by atoms with van der Waals surface area (Å²) in [7, 11) is 0. The zero-order valence-electron chi connectivity index (χ0n) is 6.33. The molecule has 0 spiro atoms. The summed E-state index contributed by atoms with van der Waals surface area (Å²) < 4.78 is 0. The Hall–Kier alpha value is -1.36. The van der Waals surface area contributed by atoms with Crippen LogP contribution in [0.25, 0.3) is 0 Å². The van der Waals surface area contributed by atoms with Crippen LogP contribution in [-0.4, -0.2) is 9.97 Å². The van der Waals surface area contributed by atoms with Crippen molar-refractivity contribution in [2.24, 2.45) is 0 Å². The number of rotatable bonds is 3. The van der Waals surface area contributed by atoms with Gasteiger partial charge in [0.05, 0.1) is 0 Å². The first-order valence-electron chi connectivity index (χ1n) is 3.63. The van der Waals surface area contributed by atoms with Crippen LogP contribution in [0.2, 0.25) is 0 Å². The predicted octanol–water partition coefficient (Wildman–Crippen LogP) is 1.43. The van der Waals surface area contributed by atoms with Gasteiger partial charge in [-0.25, -0.2) is 9.97 Å². The van der Waals surface area contributed by atoms with Crippen molar-refractivity contribution >= 4 is 0 Å². The fourth-order valence-electron chi connectivity index (χ4n) is 0.808. The highest BCUT2D eigenvalue weighted by Crippen LogP contribution is 1.96. The van der Waals surface area contributed by atoms with E-state index in [0.717, 1.165) is 25.1 Å². The van der Waals surface area contributed by atoms with E-state index in [1.165, 1.54) is 0 Å². The fraction of sp³-hybridized carbons (Fsp3) is 0.333. The molecule has 1 heterocycles. The fourth-order valence-corrected chi connectivity index (χ4v) is 0.808. The smallest absolute Gasteiger partial charge is 0.128 e. The second-order valence-electron chi connectivity index (χ2n) is 2.22. The molecule has 0 bridgehead atoms. The van der Waals surface area contributed by atoms with E-state index in [9.17, 15) is 0 Å². The minimum atomic E-state index is 0.804. The molecule has 0 atom stereocenters. The molecule has 0 fully saturated rings. The van der Waals surface area contributed by atoms with Crippen LogP contribution in [0.15, 0.2) is 18.5 Å². The maximum Gasteiger partial charge on any atom is 0.128 e. The van der Waals surface area contributed by atoms with Crippen LogP contribution >= 0.6 is 0 Å². The predicted molar refractivity (Wildman–Crippen MR) is 43.8 cm³/mol. The minimum absolute atomic E-state index is 0.804. The first-order valence-corrected chi connectivity index (χ1v) is 3.63. The van der Waals surface area contributed by atoms with Gasteiger partial charge in [-0.3, -0.25) is 0 Å². The van der Waals surface area contributed by atoms with Gasteiger partial charge in [-0.15, -0.1) is 12.3 Å². The van der Waals surface area contributed by atoms with E-state index >= 15 is 0 Å². The van der Waals surface area contributed by atoms with Crippen molar-refractivity contribution < 1.29 is 0 Å². The molecule has 0 saturated heterocycles. The quantitative estimate of drug-likeness (QED) is 0.476. The maximum absolute atomic E-state index is 5.10. The number of terminal acetylenes is 1. The Morgan fingerprint density at radius 1 is 1.36 bits per heavy atom. The molecule has 0 aliphatic rings. The number of aryl methyl sites for hydroxylation is 1. The van der Waals surface area contributed by atoms with E-state index in [2.05, 4.69) is 15.9 Å². The van der Waals surface area contributed by atoms with Crippen LogP contribution in [-0.2, 0) is 6.42 Å². The second kappa shape index (κ2) is 4.45.